The van der Waals surface area contributed by atoms with Crippen molar-refractivity contribution < 1.29 is 9.59 Å². The van der Waals surface area contributed by atoms with Crippen LogP contribution >= 0.6 is 0 Å². The number of benzene rings is 2. The fourth-order valence-electron chi connectivity index (χ4n) is 4.80. The molecule has 2 amide bonds. The third-order valence-corrected chi connectivity index (χ3v) is 6.56. The molecule has 8 nitrogen and oxygen atoms in total. The van der Waals surface area contributed by atoms with Crippen LogP contribution < -0.4 is 5.56 Å². The highest BCUT2D eigenvalue weighted by atomic mass is 16.2. The third kappa shape index (κ3) is 4.23. The van der Waals surface area contributed by atoms with Gasteiger partial charge in [-0.2, -0.15) is 0 Å². The summed E-state index contributed by atoms with van der Waals surface area (Å²) in [4.78, 5) is 47.5. The van der Waals surface area contributed by atoms with Crippen molar-refractivity contribution in [2.75, 3.05) is 26.2 Å². The Morgan fingerprint density at radius 2 is 1.43 bits per heavy atom. The topological polar surface area (TPSA) is 91.3 Å². The molecule has 0 spiro atoms. The molecule has 0 unspecified atom stereocenters. The molecule has 0 aliphatic carbocycles. The summed E-state index contributed by atoms with van der Waals surface area (Å²) in [6.45, 7) is 3.46. The zero-order valence-corrected chi connectivity index (χ0v) is 19.8. The number of nitrogens with one attached hydrogen (secondary N) is 1. The van der Waals surface area contributed by atoms with Crippen LogP contribution in [0.4, 0.5) is 0 Å². The number of carbonyl (C=O) groups excluding carboxylic acids is 2. The van der Waals surface area contributed by atoms with E-state index in [0.717, 1.165) is 11.1 Å². The van der Waals surface area contributed by atoms with E-state index in [9.17, 15) is 14.4 Å². The van der Waals surface area contributed by atoms with Gasteiger partial charge in [0.15, 0.2) is 5.65 Å². The lowest BCUT2D eigenvalue weighted by molar-refractivity contribution is -0.133. The fourth-order valence-corrected chi connectivity index (χ4v) is 4.80. The first-order chi connectivity index (χ1) is 16.9. The van der Waals surface area contributed by atoms with Crippen LogP contribution in [0.25, 0.3) is 11.0 Å². The lowest BCUT2D eigenvalue weighted by Crippen LogP contribution is -2.51. The average molecular weight is 470 g/mol. The minimum absolute atomic E-state index is 0.0242. The van der Waals surface area contributed by atoms with E-state index in [2.05, 4.69) is 10.1 Å². The van der Waals surface area contributed by atoms with Crippen LogP contribution in [0.1, 0.15) is 33.1 Å². The lowest BCUT2D eigenvalue weighted by atomic mass is 9.90. The first-order valence-electron chi connectivity index (χ1n) is 11.7. The number of pyridine rings is 1. The zero-order valence-electron chi connectivity index (χ0n) is 19.8. The zero-order chi connectivity index (χ0) is 24.5. The summed E-state index contributed by atoms with van der Waals surface area (Å²) in [5, 5.41) is 2.98. The van der Waals surface area contributed by atoms with E-state index >= 15 is 0 Å². The maximum absolute atomic E-state index is 13.7. The molecule has 0 radical (unpaired) electrons. The van der Waals surface area contributed by atoms with Gasteiger partial charge in [0.1, 0.15) is 0 Å². The van der Waals surface area contributed by atoms with Crippen molar-refractivity contribution in [2.45, 2.75) is 12.8 Å². The maximum atomic E-state index is 13.7. The summed E-state index contributed by atoms with van der Waals surface area (Å²) in [6, 6.07) is 21.2. The third-order valence-electron chi connectivity index (χ3n) is 6.56. The van der Waals surface area contributed by atoms with Crippen molar-refractivity contribution in [3.63, 3.8) is 0 Å². The molecule has 1 fully saturated rings. The second kappa shape index (κ2) is 9.21. The van der Waals surface area contributed by atoms with Crippen LogP contribution in [-0.4, -0.2) is 62.6 Å². The monoisotopic (exact) mass is 469 g/mol. The van der Waals surface area contributed by atoms with Gasteiger partial charge < -0.3 is 9.80 Å². The van der Waals surface area contributed by atoms with Crippen molar-refractivity contribution in [1.29, 1.82) is 0 Å². The summed E-state index contributed by atoms with van der Waals surface area (Å²) >= 11 is 0. The highest BCUT2D eigenvalue weighted by Gasteiger charge is 2.32. The Morgan fingerprint density at radius 1 is 0.886 bits per heavy atom. The standard InChI is InChI=1S/C27H27N5O3/c1-18-17-21(23-24(28-18)30(2)29-25(23)33)26(34)31-13-15-32(16-14-31)27(35)22(19-9-5-3-6-10-19)20-11-7-4-8-12-20/h3-12,17,22H,13-16H2,1-2H3,(H,29,33). The molecule has 2 aromatic heterocycles. The van der Waals surface area contributed by atoms with Crippen molar-refractivity contribution in [2.24, 2.45) is 7.05 Å². The van der Waals surface area contributed by atoms with Crippen LogP contribution in [0, 0.1) is 6.92 Å². The smallest absolute Gasteiger partial charge is 0.274 e. The molecule has 1 saturated heterocycles. The number of hydrogen-bond donors (Lipinski definition) is 1. The van der Waals surface area contributed by atoms with Gasteiger partial charge in [0.05, 0.1) is 16.9 Å². The summed E-state index contributed by atoms with van der Waals surface area (Å²) in [7, 11) is 1.70. The van der Waals surface area contributed by atoms with E-state index in [4.69, 9.17) is 0 Å². The Labute approximate surface area is 202 Å². The average Bonchev–Trinajstić information content (AvgIpc) is 3.17. The van der Waals surface area contributed by atoms with Gasteiger partial charge in [0.25, 0.3) is 11.5 Å². The molecule has 5 rings (SSSR count). The highest BCUT2D eigenvalue weighted by Crippen LogP contribution is 2.27. The summed E-state index contributed by atoms with van der Waals surface area (Å²) in [6.07, 6.45) is 0. The van der Waals surface area contributed by atoms with E-state index in [-0.39, 0.29) is 17.4 Å². The van der Waals surface area contributed by atoms with Crippen LogP contribution in [-0.2, 0) is 11.8 Å². The quantitative estimate of drug-likeness (QED) is 0.498. The number of fused-ring (bicyclic) bond motifs is 1. The Kier molecular flexibility index (Phi) is 5.94. The van der Waals surface area contributed by atoms with Gasteiger partial charge in [-0.1, -0.05) is 60.7 Å². The molecule has 1 aliphatic rings. The van der Waals surface area contributed by atoms with Crippen molar-refractivity contribution in [1.82, 2.24) is 24.6 Å². The molecule has 0 bridgehead atoms. The summed E-state index contributed by atoms with van der Waals surface area (Å²) in [5.74, 6) is -0.590. The van der Waals surface area contributed by atoms with Gasteiger partial charge >= 0.3 is 0 Å². The fraction of sp³-hybridized carbons (Fsp3) is 0.259. The number of H-pyrrole nitrogens is 1. The molecule has 3 heterocycles. The molecule has 1 aliphatic heterocycles. The van der Waals surface area contributed by atoms with Crippen LogP contribution in [0.3, 0.4) is 0 Å². The van der Waals surface area contributed by atoms with Gasteiger partial charge in [-0.05, 0) is 24.1 Å². The van der Waals surface area contributed by atoms with Crippen LogP contribution in [0.15, 0.2) is 71.5 Å². The molecular weight excluding hydrogens is 442 g/mol. The number of piperazine rings is 1. The number of rotatable bonds is 4. The largest absolute Gasteiger partial charge is 0.338 e. The molecule has 4 aromatic rings. The van der Waals surface area contributed by atoms with Crippen LogP contribution in [0.5, 0.6) is 0 Å². The molecule has 178 valence electrons. The first-order valence-corrected chi connectivity index (χ1v) is 11.7. The molecule has 0 saturated carbocycles. The predicted molar refractivity (Wildman–Crippen MR) is 133 cm³/mol. The Hall–Kier alpha value is -4.20. The molecule has 1 N–H and O–H groups in total. The number of nitrogens with zero attached hydrogens (tertiary/aromatic N) is 4. The van der Waals surface area contributed by atoms with Crippen molar-refractivity contribution in [3.8, 4) is 0 Å². The molecule has 35 heavy (non-hydrogen) atoms. The van der Waals surface area contributed by atoms with Crippen molar-refractivity contribution >= 4 is 22.8 Å². The normalized spacial score (nSPS) is 14.0. The Bertz CT molecular complexity index is 1390. The van der Waals surface area contributed by atoms with Gasteiger partial charge in [-0.25, -0.2) is 4.98 Å². The van der Waals surface area contributed by atoms with Gasteiger partial charge in [-0.15, -0.1) is 0 Å². The van der Waals surface area contributed by atoms with E-state index in [0.29, 0.717) is 48.5 Å². The van der Waals surface area contributed by atoms with Crippen molar-refractivity contribution in [3.05, 3.63) is 99.5 Å². The molecule has 0 atom stereocenters. The van der Waals surface area contributed by atoms with Gasteiger partial charge in [-0.3, -0.25) is 24.2 Å². The minimum atomic E-state index is -0.398. The summed E-state index contributed by atoms with van der Waals surface area (Å²) in [5.41, 5.74) is 3.03. The van der Waals surface area contributed by atoms with E-state index in [1.807, 2.05) is 65.6 Å². The highest BCUT2D eigenvalue weighted by molar-refractivity contribution is 6.05. The van der Waals surface area contributed by atoms with E-state index in [1.165, 1.54) is 4.68 Å². The lowest BCUT2D eigenvalue weighted by Gasteiger charge is -2.36. The Balaban J connectivity index is 1.37. The number of aryl methyl sites for hydroxylation is 2. The number of hydrogen-bond acceptors (Lipinski definition) is 4. The number of aromatic amines is 1. The molecule has 2 aromatic carbocycles. The predicted octanol–water partition coefficient (Wildman–Crippen LogP) is 2.69. The second-order valence-electron chi connectivity index (χ2n) is 8.88. The first kappa shape index (κ1) is 22.6. The van der Waals surface area contributed by atoms with E-state index < -0.39 is 5.92 Å². The van der Waals surface area contributed by atoms with Gasteiger partial charge in [0, 0.05) is 38.9 Å². The van der Waals surface area contributed by atoms with Gasteiger partial charge in [0.2, 0.25) is 5.91 Å². The number of aromatic nitrogens is 3. The van der Waals surface area contributed by atoms with Crippen LogP contribution in [0.2, 0.25) is 0 Å². The summed E-state index contributed by atoms with van der Waals surface area (Å²) < 4.78 is 1.53. The SMILES string of the molecule is Cc1cc(C(=O)N2CCN(C(=O)C(c3ccccc3)c3ccccc3)CC2)c2c(=O)[nH]n(C)c2n1. The number of amides is 2. The van der Waals surface area contributed by atoms with E-state index in [1.54, 1.807) is 24.9 Å². The number of carbonyl (C=O) groups is 2. The molecular formula is C27H27N5O3. The second-order valence-corrected chi connectivity index (χ2v) is 8.88. The molecule has 8 heteroatoms. The maximum Gasteiger partial charge on any atom is 0.274 e. The Morgan fingerprint density at radius 3 is 2.00 bits per heavy atom. The minimum Gasteiger partial charge on any atom is -0.338 e.